The number of ketones is 1. The van der Waals surface area contributed by atoms with Crippen LogP contribution in [0.4, 0.5) is 5.95 Å². The molecule has 0 spiro atoms. The Kier molecular flexibility index (Phi) is 4.74. The number of nitrogens with one attached hydrogen (secondary N) is 1. The van der Waals surface area contributed by atoms with Crippen molar-refractivity contribution in [1.82, 2.24) is 14.8 Å². The Morgan fingerprint density at radius 2 is 1.96 bits per heavy atom. The Balaban J connectivity index is 2.13. The standard InChI is InChI=1S/C18H22N4O3/c1-5-24-14-8-7-13(9-15(14)25-6-2)17-16(12(4)23)11(3)21-18-19-10-20-22(17)18/h7-10,17H,5-6H2,1-4H3,(H,19,20,21)/t17-/m0/s1. The number of rotatable bonds is 6. The van der Waals surface area contributed by atoms with Crippen molar-refractivity contribution in [3.05, 3.63) is 41.4 Å². The van der Waals surface area contributed by atoms with Crippen molar-refractivity contribution in [2.45, 2.75) is 33.7 Å². The molecule has 25 heavy (non-hydrogen) atoms. The van der Waals surface area contributed by atoms with E-state index in [0.29, 0.717) is 36.2 Å². The molecule has 0 unspecified atom stereocenters. The maximum absolute atomic E-state index is 12.3. The van der Waals surface area contributed by atoms with Gasteiger partial charge in [-0.3, -0.25) is 4.79 Å². The second-order valence-corrected chi connectivity index (χ2v) is 5.72. The smallest absolute Gasteiger partial charge is 0.226 e. The molecule has 7 heteroatoms. The Bertz CT molecular complexity index is 825. The monoisotopic (exact) mass is 342 g/mol. The van der Waals surface area contributed by atoms with Crippen molar-refractivity contribution in [2.75, 3.05) is 18.5 Å². The molecule has 1 aromatic carbocycles. The summed E-state index contributed by atoms with van der Waals surface area (Å²) in [6.45, 7) is 8.37. The molecule has 1 aliphatic rings. The molecular formula is C18H22N4O3. The van der Waals surface area contributed by atoms with Gasteiger partial charge in [0.1, 0.15) is 12.4 Å². The normalized spacial score (nSPS) is 16.2. The predicted octanol–water partition coefficient (Wildman–Crippen LogP) is 2.95. The highest BCUT2D eigenvalue weighted by Gasteiger charge is 2.32. The largest absolute Gasteiger partial charge is 0.490 e. The Hall–Kier alpha value is -2.83. The molecule has 1 aromatic heterocycles. The molecule has 132 valence electrons. The number of nitrogens with zero attached hydrogens (tertiary/aromatic N) is 3. The van der Waals surface area contributed by atoms with Crippen LogP contribution in [-0.4, -0.2) is 33.8 Å². The number of hydrogen-bond acceptors (Lipinski definition) is 6. The summed E-state index contributed by atoms with van der Waals surface area (Å²) in [4.78, 5) is 16.5. The fourth-order valence-corrected chi connectivity index (χ4v) is 3.09. The number of anilines is 1. The van der Waals surface area contributed by atoms with Crippen LogP contribution in [0.3, 0.4) is 0 Å². The number of aromatic nitrogens is 3. The number of ether oxygens (including phenoxy) is 2. The van der Waals surface area contributed by atoms with E-state index in [1.54, 1.807) is 11.6 Å². The average molecular weight is 342 g/mol. The fraction of sp³-hybridized carbons (Fsp3) is 0.389. The molecule has 0 bridgehead atoms. The highest BCUT2D eigenvalue weighted by atomic mass is 16.5. The molecule has 2 aromatic rings. The van der Waals surface area contributed by atoms with Gasteiger partial charge < -0.3 is 14.8 Å². The highest BCUT2D eigenvalue weighted by molar-refractivity contribution is 5.96. The van der Waals surface area contributed by atoms with Crippen LogP contribution in [0.2, 0.25) is 0 Å². The molecule has 1 aliphatic heterocycles. The highest BCUT2D eigenvalue weighted by Crippen LogP contribution is 2.38. The van der Waals surface area contributed by atoms with Gasteiger partial charge in [0, 0.05) is 11.3 Å². The summed E-state index contributed by atoms with van der Waals surface area (Å²) in [5.74, 6) is 1.94. The van der Waals surface area contributed by atoms with E-state index in [9.17, 15) is 4.79 Å². The zero-order chi connectivity index (χ0) is 18.0. The molecule has 3 rings (SSSR count). The van der Waals surface area contributed by atoms with Gasteiger partial charge in [-0.05, 0) is 45.4 Å². The van der Waals surface area contributed by atoms with Crippen LogP contribution in [-0.2, 0) is 4.79 Å². The van der Waals surface area contributed by atoms with Gasteiger partial charge in [0.05, 0.1) is 13.2 Å². The molecule has 1 atom stereocenters. The van der Waals surface area contributed by atoms with Gasteiger partial charge >= 0.3 is 0 Å². The molecular weight excluding hydrogens is 320 g/mol. The van der Waals surface area contributed by atoms with Gasteiger partial charge in [0.15, 0.2) is 17.3 Å². The van der Waals surface area contributed by atoms with Gasteiger partial charge in [0.25, 0.3) is 0 Å². The molecule has 0 saturated heterocycles. The quantitative estimate of drug-likeness (QED) is 0.869. The van der Waals surface area contributed by atoms with Gasteiger partial charge in [-0.15, -0.1) is 0 Å². The molecule has 0 radical (unpaired) electrons. The molecule has 0 amide bonds. The summed E-state index contributed by atoms with van der Waals surface area (Å²) in [6, 6.07) is 5.36. The molecule has 0 aliphatic carbocycles. The van der Waals surface area contributed by atoms with Crippen LogP contribution in [0.1, 0.15) is 39.3 Å². The first-order valence-electron chi connectivity index (χ1n) is 8.34. The van der Waals surface area contributed by atoms with E-state index in [1.165, 1.54) is 6.33 Å². The maximum Gasteiger partial charge on any atom is 0.226 e. The number of benzene rings is 1. The maximum atomic E-state index is 12.3. The SMILES string of the molecule is CCOc1ccc([C@H]2C(C(C)=O)=C(C)Nc3ncnn32)cc1OCC. The Morgan fingerprint density at radius 3 is 2.64 bits per heavy atom. The minimum absolute atomic E-state index is 0.0111. The third kappa shape index (κ3) is 3.09. The van der Waals surface area contributed by atoms with E-state index in [2.05, 4.69) is 15.4 Å². The summed E-state index contributed by atoms with van der Waals surface area (Å²) in [7, 11) is 0. The van der Waals surface area contributed by atoms with Crippen LogP contribution in [0.25, 0.3) is 0 Å². The van der Waals surface area contributed by atoms with E-state index in [0.717, 1.165) is 11.3 Å². The van der Waals surface area contributed by atoms with E-state index in [4.69, 9.17) is 9.47 Å². The van der Waals surface area contributed by atoms with E-state index in [-0.39, 0.29) is 11.8 Å². The van der Waals surface area contributed by atoms with Gasteiger partial charge in [0.2, 0.25) is 5.95 Å². The molecule has 1 N–H and O–H groups in total. The van der Waals surface area contributed by atoms with Gasteiger partial charge in [-0.2, -0.15) is 10.1 Å². The Morgan fingerprint density at radius 1 is 1.24 bits per heavy atom. The van der Waals surface area contributed by atoms with Crippen molar-refractivity contribution >= 4 is 11.7 Å². The minimum Gasteiger partial charge on any atom is -0.490 e. The zero-order valence-corrected chi connectivity index (χ0v) is 14.9. The predicted molar refractivity (Wildman–Crippen MR) is 93.9 cm³/mol. The van der Waals surface area contributed by atoms with E-state index in [1.807, 2.05) is 39.0 Å². The third-order valence-electron chi connectivity index (χ3n) is 4.06. The van der Waals surface area contributed by atoms with Crippen molar-refractivity contribution < 1.29 is 14.3 Å². The van der Waals surface area contributed by atoms with Crippen LogP contribution in [0, 0.1) is 0 Å². The summed E-state index contributed by atoms with van der Waals surface area (Å²) < 4.78 is 13.1. The van der Waals surface area contributed by atoms with Crippen LogP contribution < -0.4 is 14.8 Å². The lowest BCUT2D eigenvalue weighted by molar-refractivity contribution is -0.114. The minimum atomic E-state index is -0.355. The van der Waals surface area contributed by atoms with E-state index >= 15 is 0 Å². The number of allylic oxidation sites excluding steroid dienone is 2. The lowest BCUT2D eigenvalue weighted by Gasteiger charge is -2.28. The van der Waals surface area contributed by atoms with Crippen LogP contribution >= 0.6 is 0 Å². The first-order chi connectivity index (χ1) is 12.1. The topological polar surface area (TPSA) is 78.3 Å². The lowest BCUT2D eigenvalue weighted by atomic mass is 9.93. The number of carbonyl (C=O) groups excluding carboxylic acids is 1. The number of fused-ring (bicyclic) bond motifs is 1. The zero-order valence-electron chi connectivity index (χ0n) is 14.9. The van der Waals surface area contributed by atoms with Crippen molar-refractivity contribution in [2.24, 2.45) is 0 Å². The second kappa shape index (κ2) is 6.96. The van der Waals surface area contributed by atoms with Crippen LogP contribution in [0.5, 0.6) is 11.5 Å². The summed E-state index contributed by atoms with van der Waals surface area (Å²) in [5.41, 5.74) is 2.33. The van der Waals surface area contributed by atoms with Gasteiger partial charge in [-0.25, -0.2) is 4.68 Å². The first kappa shape index (κ1) is 17.0. The number of Topliss-reactive ketones (excluding diaryl/α,β-unsaturated/α-hetero) is 1. The number of carbonyl (C=O) groups is 1. The molecule has 0 fully saturated rings. The van der Waals surface area contributed by atoms with Crippen molar-refractivity contribution in [3.8, 4) is 11.5 Å². The summed E-state index contributed by atoms with van der Waals surface area (Å²) >= 11 is 0. The Labute approximate surface area is 146 Å². The summed E-state index contributed by atoms with van der Waals surface area (Å²) in [6.07, 6.45) is 1.48. The first-order valence-corrected chi connectivity index (χ1v) is 8.34. The average Bonchev–Trinajstić information content (AvgIpc) is 3.03. The van der Waals surface area contributed by atoms with Gasteiger partial charge in [-0.1, -0.05) is 6.07 Å². The van der Waals surface area contributed by atoms with Crippen molar-refractivity contribution in [1.29, 1.82) is 0 Å². The van der Waals surface area contributed by atoms with Crippen molar-refractivity contribution in [3.63, 3.8) is 0 Å². The molecule has 2 heterocycles. The molecule has 7 nitrogen and oxygen atoms in total. The fourth-order valence-electron chi connectivity index (χ4n) is 3.09. The third-order valence-corrected chi connectivity index (χ3v) is 4.06. The second-order valence-electron chi connectivity index (χ2n) is 5.72. The van der Waals surface area contributed by atoms with E-state index < -0.39 is 0 Å². The molecule has 0 saturated carbocycles. The lowest BCUT2D eigenvalue weighted by Crippen LogP contribution is -2.27. The number of hydrogen-bond donors (Lipinski definition) is 1. The summed E-state index contributed by atoms with van der Waals surface area (Å²) in [5, 5.41) is 7.44. The van der Waals surface area contributed by atoms with Crippen LogP contribution in [0.15, 0.2) is 35.8 Å².